The van der Waals surface area contributed by atoms with Crippen LogP contribution in [0, 0.1) is 0 Å². The highest BCUT2D eigenvalue weighted by molar-refractivity contribution is 6.58. The summed E-state index contributed by atoms with van der Waals surface area (Å²) < 4.78 is 5.76. The summed E-state index contributed by atoms with van der Waals surface area (Å²) in [5, 5.41) is 18.1. The minimum atomic E-state index is -1.42. The second kappa shape index (κ2) is 8.42. The monoisotopic (exact) mass is 291 g/mol. The van der Waals surface area contributed by atoms with Crippen LogP contribution in [0.25, 0.3) is 0 Å². The van der Waals surface area contributed by atoms with Crippen molar-refractivity contribution in [2.45, 2.75) is 45.1 Å². The van der Waals surface area contributed by atoms with Gasteiger partial charge in [-0.3, -0.25) is 4.90 Å². The van der Waals surface area contributed by atoms with Gasteiger partial charge in [0.25, 0.3) is 0 Å². The molecule has 4 nitrogen and oxygen atoms in total. The maximum Gasteiger partial charge on any atom is 0.488 e. The van der Waals surface area contributed by atoms with Crippen molar-refractivity contribution < 1.29 is 14.8 Å². The molecule has 0 aliphatic heterocycles. The van der Waals surface area contributed by atoms with Gasteiger partial charge in [-0.15, -0.1) is 0 Å². The molecule has 0 bridgehead atoms. The molecule has 0 aromatic heterocycles. The molecule has 1 fully saturated rings. The smallest absolute Gasteiger partial charge is 0.488 e. The van der Waals surface area contributed by atoms with E-state index in [0.717, 1.165) is 24.9 Å². The molecule has 0 atom stereocenters. The zero-order chi connectivity index (χ0) is 15.1. The zero-order valence-corrected chi connectivity index (χ0v) is 12.9. The second-order valence-electron chi connectivity index (χ2n) is 5.71. The van der Waals surface area contributed by atoms with Gasteiger partial charge in [-0.1, -0.05) is 38.3 Å². The Labute approximate surface area is 127 Å². The molecule has 0 saturated heterocycles. The number of hydrogen-bond acceptors (Lipinski definition) is 4. The summed E-state index contributed by atoms with van der Waals surface area (Å²) in [5.41, 5.74) is 0.486. The fourth-order valence-corrected chi connectivity index (χ4v) is 3.06. The lowest BCUT2D eigenvalue weighted by atomic mass is 9.80. The summed E-state index contributed by atoms with van der Waals surface area (Å²) in [6.07, 6.45) is 6.72. The quantitative estimate of drug-likeness (QED) is 0.746. The number of ether oxygens (including phenoxy) is 1. The van der Waals surface area contributed by atoms with E-state index in [2.05, 4.69) is 11.8 Å². The molecule has 2 rings (SSSR count). The van der Waals surface area contributed by atoms with Crippen molar-refractivity contribution >= 4 is 12.6 Å². The van der Waals surface area contributed by atoms with Gasteiger partial charge in [-0.25, -0.2) is 0 Å². The second-order valence-corrected chi connectivity index (χ2v) is 5.71. The van der Waals surface area contributed by atoms with Crippen molar-refractivity contribution in [3.8, 4) is 5.75 Å². The molecule has 2 N–H and O–H groups in total. The van der Waals surface area contributed by atoms with E-state index in [1.165, 1.54) is 32.1 Å². The lowest BCUT2D eigenvalue weighted by Crippen LogP contribution is -2.39. The molecular weight excluding hydrogens is 265 g/mol. The summed E-state index contributed by atoms with van der Waals surface area (Å²) in [6, 6.07) is 7.65. The summed E-state index contributed by atoms with van der Waals surface area (Å²) in [7, 11) is -1.42. The van der Waals surface area contributed by atoms with E-state index >= 15 is 0 Å². The van der Waals surface area contributed by atoms with Crippen molar-refractivity contribution in [2.24, 2.45) is 0 Å². The van der Waals surface area contributed by atoms with E-state index in [0.29, 0.717) is 12.1 Å². The molecule has 0 heterocycles. The van der Waals surface area contributed by atoms with E-state index < -0.39 is 7.12 Å². The van der Waals surface area contributed by atoms with Gasteiger partial charge < -0.3 is 14.8 Å². The van der Waals surface area contributed by atoms with Crippen LogP contribution in [-0.4, -0.2) is 47.8 Å². The zero-order valence-electron chi connectivity index (χ0n) is 12.9. The Morgan fingerprint density at radius 2 is 1.81 bits per heavy atom. The van der Waals surface area contributed by atoms with Crippen LogP contribution in [-0.2, 0) is 0 Å². The predicted molar refractivity (Wildman–Crippen MR) is 85.9 cm³/mol. The maximum absolute atomic E-state index is 9.05. The lowest BCUT2D eigenvalue weighted by molar-refractivity contribution is 0.137. The molecule has 5 heteroatoms. The summed E-state index contributed by atoms with van der Waals surface area (Å²) in [4.78, 5) is 2.52. The maximum atomic E-state index is 9.05. The summed E-state index contributed by atoms with van der Waals surface area (Å²) in [6.45, 7) is 4.91. The van der Waals surface area contributed by atoms with Gasteiger partial charge >= 0.3 is 7.12 Å². The number of rotatable bonds is 7. The third-order valence-electron chi connectivity index (χ3n) is 4.32. The molecule has 0 amide bonds. The SMILES string of the molecule is CCN(CCOc1ccc(B(O)O)cc1)C1CCCCC1. The first-order chi connectivity index (χ1) is 10.2. The first-order valence-electron chi connectivity index (χ1n) is 8.03. The van der Waals surface area contributed by atoms with E-state index in [4.69, 9.17) is 14.8 Å². The molecule has 1 saturated carbocycles. The van der Waals surface area contributed by atoms with Crippen molar-refractivity contribution in [3.63, 3.8) is 0 Å². The van der Waals surface area contributed by atoms with Gasteiger partial charge in [0.15, 0.2) is 0 Å². The third kappa shape index (κ3) is 5.02. The Hall–Kier alpha value is -1.04. The fraction of sp³-hybridized carbons (Fsp3) is 0.625. The van der Waals surface area contributed by atoms with Crippen LogP contribution in [0.4, 0.5) is 0 Å². The van der Waals surface area contributed by atoms with Gasteiger partial charge in [0.2, 0.25) is 0 Å². The normalized spacial score (nSPS) is 16.2. The Bertz CT molecular complexity index is 404. The minimum Gasteiger partial charge on any atom is -0.492 e. The highest BCUT2D eigenvalue weighted by atomic mass is 16.5. The summed E-state index contributed by atoms with van der Waals surface area (Å²) >= 11 is 0. The average molecular weight is 291 g/mol. The standard InChI is InChI=1S/C16H26BNO3/c1-2-18(15-6-4-3-5-7-15)12-13-21-16-10-8-14(9-11-16)17(19)20/h8-11,15,19-20H,2-7,12-13H2,1H3. The largest absolute Gasteiger partial charge is 0.492 e. The molecule has 1 aromatic rings. The molecule has 0 radical (unpaired) electrons. The topological polar surface area (TPSA) is 52.9 Å². The van der Waals surface area contributed by atoms with E-state index in [9.17, 15) is 0 Å². The first-order valence-corrected chi connectivity index (χ1v) is 8.03. The highest BCUT2D eigenvalue weighted by Gasteiger charge is 2.19. The van der Waals surface area contributed by atoms with Crippen LogP contribution in [0.1, 0.15) is 39.0 Å². The van der Waals surface area contributed by atoms with Crippen LogP contribution >= 0.6 is 0 Å². The fourth-order valence-electron chi connectivity index (χ4n) is 3.06. The predicted octanol–water partition coefficient (Wildman–Crippen LogP) is 1.40. The Balaban J connectivity index is 1.76. The number of likely N-dealkylation sites (N-methyl/N-ethyl adjacent to an activating group) is 1. The molecule has 1 aliphatic carbocycles. The highest BCUT2D eigenvalue weighted by Crippen LogP contribution is 2.22. The lowest BCUT2D eigenvalue weighted by Gasteiger charge is -2.33. The molecule has 0 unspecified atom stereocenters. The molecule has 0 spiro atoms. The molecule has 116 valence electrons. The summed E-state index contributed by atoms with van der Waals surface area (Å²) in [5.74, 6) is 0.777. The number of nitrogens with zero attached hydrogens (tertiary/aromatic N) is 1. The third-order valence-corrected chi connectivity index (χ3v) is 4.32. The molecule has 21 heavy (non-hydrogen) atoms. The van der Waals surface area contributed by atoms with Crippen LogP contribution in [0.15, 0.2) is 24.3 Å². The van der Waals surface area contributed by atoms with Crippen LogP contribution in [0.3, 0.4) is 0 Å². The van der Waals surface area contributed by atoms with Crippen LogP contribution in [0.2, 0.25) is 0 Å². The van der Waals surface area contributed by atoms with Crippen LogP contribution in [0.5, 0.6) is 5.75 Å². The van der Waals surface area contributed by atoms with Gasteiger partial charge in [-0.05, 0) is 37.0 Å². The van der Waals surface area contributed by atoms with E-state index in [-0.39, 0.29) is 0 Å². The van der Waals surface area contributed by atoms with Gasteiger partial charge in [0, 0.05) is 12.6 Å². The van der Waals surface area contributed by atoms with E-state index in [1.807, 2.05) is 0 Å². The van der Waals surface area contributed by atoms with Crippen LogP contribution < -0.4 is 10.2 Å². The number of benzene rings is 1. The van der Waals surface area contributed by atoms with Gasteiger partial charge in [0.1, 0.15) is 12.4 Å². The van der Waals surface area contributed by atoms with Crippen molar-refractivity contribution in [1.82, 2.24) is 4.90 Å². The average Bonchev–Trinajstić information content (AvgIpc) is 2.53. The Morgan fingerprint density at radius 3 is 2.38 bits per heavy atom. The van der Waals surface area contributed by atoms with Crippen molar-refractivity contribution in [1.29, 1.82) is 0 Å². The minimum absolute atomic E-state index is 0.486. The van der Waals surface area contributed by atoms with E-state index in [1.54, 1.807) is 24.3 Å². The molecule has 1 aliphatic rings. The number of hydrogen-bond donors (Lipinski definition) is 2. The van der Waals surface area contributed by atoms with Gasteiger partial charge in [-0.2, -0.15) is 0 Å². The Morgan fingerprint density at radius 1 is 1.14 bits per heavy atom. The molecular formula is C16H26BNO3. The Kier molecular flexibility index (Phi) is 6.55. The van der Waals surface area contributed by atoms with Crippen molar-refractivity contribution in [2.75, 3.05) is 19.7 Å². The molecule has 1 aromatic carbocycles. The first kappa shape index (κ1) is 16.3. The van der Waals surface area contributed by atoms with Gasteiger partial charge in [0.05, 0.1) is 0 Å². The van der Waals surface area contributed by atoms with Crippen molar-refractivity contribution in [3.05, 3.63) is 24.3 Å².